The first-order valence-electron chi connectivity index (χ1n) is 29.2. The van der Waals surface area contributed by atoms with Crippen molar-refractivity contribution in [3.05, 3.63) is 165 Å². The lowest BCUT2D eigenvalue weighted by atomic mass is 9.76. The number of ketones is 1. The van der Waals surface area contributed by atoms with Crippen molar-refractivity contribution in [1.82, 2.24) is 41.0 Å². The summed E-state index contributed by atoms with van der Waals surface area (Å²) in [5.41, 5.74) is 7.35. The molecular weight excluding hydrogens is 1090 g/mol. The lowest BCUT2D eigenvalue weighted by molar-refractivity contribution is -0.143. The third-order valence-electron chi connectivity index (χ3n) is 16.6. The number of likely N-dealkylation sites (tertiary alicyclic amines) is 2. The third-order valence-corrected chi connectivity index (χ3v) is 18.5. The lowest BCUT2D eigenvalue weighted by Gasteiger charge is -2.36. The molecule has 2 saturated heterocycles. The normalized spacial score (nSPS) is 18.6. The van der Waals surface area contributed by atoms with Gasteiger partial charge in [-0.15, -0.1) is 22.7 Å². The number of carbonyl (C=O) groups excluding carboxylic acids is 6. The van der Waals surface area contributed by atoms with E-state index in [9.17, 15) is 28.8 Å². The number of Topliss-reactive ketones (excluding diaryl/α,β-unsaturated/α-hetero) is 1. The van der Waals surface area contributed by atoms with Crippen LogP contribution in [0.4, 0.5) is 0 Å². The molecule has 0 radical (unpaired) electrons. The van der Waals surface area contributed by atoms with Gasteiger partial charge in [0.2, 0.25) is 17.7 Å². The third kappa shape index (κ3) is 14.1. The van der Waals surface area contributed by atoms with Crippen molar-refractivity contribution in [1.29, 1.82) is 0 Å². The number of aromatic nitrogens is 2. The summed E-state index contributed by atoms with van der Waals surface area (Å²) in [6.07, 6.45) is 1.48. The lowest BCUT2D eigenvalue weighted by Crippen LogP contribution is -2.55. The van der Waals surface area contributed by atoms with E-state index in [4.69, 9.17) is 9.97 Å². The highest BCUT2D eigenvalue weighted by Crippen LogP contribution is 2.42. The average Bonchev–Trinajstić information content (AvgIpc) is 2.34. The Morgan fingerprint density at radius 3 is 1.36 bits per heavy atom. The Kier molecular flexibility index (Phi) is 18.9. The highest BCUT2D eigenvalue weighted by Gasteiger charge is 2.46. The summed E-state index contributed by atoms with van der Waals surface area (Å²) in [5, 5.41) is 17.9. The Morgan fingerprint density at radius 2 is 0.964 bits per heavy atom. The van der Waals surface area contributed by atoms with E-state index in [0.29, 0.717) is 30.4 Å². The van der Waals surface area contributed by atoms with Crippen LogP contribution in [-0.4, -0.2) is 99.4 Å². The van der Waals surface area contributed by atoms with Crippen molar-refractivity contribution in [2.24, 2.45) is 22.7 Å². The van der Waals surface area contributed by atoms with Crippen molar-refractivity contribution in [3.63, 3.8) is 0 Å². The van der Waals surface area contributed by atoms with Crippen LogP contribution in [0.1, 0.15) is 131 Å². The van der Waals surface area contributed by atoms with Gasteiger partial charge in [-0.25, -0.2) is 9.97 Å². The van der Waals surface area contributed by atoms with Gasteiger partial charge in [-0.2, -0.15) is 0 Å². The molecule has 14 nitrogen and oxygen atoms in total. The van der Waals surface area contributed by atoms with Gasteiger partial charge >= 0.3 is 0 Å². The Labute approximate surface area is 502 Å². The molecule has 4 heterocycles. The summed E-state index contributed by atoms with van der Waals surface area (Å²) in [6.45, 7) is 17.8. The van der Waals surface area contributed by atoms with Crippen LogP contribution in [-0.2, 0) is 19.2 Å². The number of nitrogens with zero attached hydrogens (tertiary/aromatic N) is 4. The minimum Gasteiger partial charge on any atom is -0.347 e. The first-order chi connectivity index (χ1) is 40.1. The zero-order chi connectivity index (χ0) is 60.0. The van der Waals surface area contributed by atoms with Crippen LogP contribution in [0.2, 0.25) is 0 Å². The summed E-state index contributed by atoms with van der Waals surface area (Å²) in [6, 6.07) is 40.2. The predicted molar refractivity (Wildman–Crippen MR) is 335 cm³/mol. The summed E-state index contributed by atoms with van der Waals surface area (Å²) in [5.74, 6) is -2.29. The number of nitrogens with one attached hydrogen (secondary N) is 4. The Balaban J connectivity index is 0.910. The van der Waals surface area contributed by atoms with Crippen molar-refractivity contribution in [2.45, 2.75) is 124 Å². The van der Waals surface area contributed by atoms with Gasteiger partial charge in [0.25, 0.3) is 11.8 Å². The van der Waals surface area contributed by atoms with Gasteiger partial charge in [-0.3, -0.25) is 28.8 Å². The SMILES string of the molecule is CC[C@@H](C)C(=O)N[C@H](C(=O)N1C[C@@H](NC(=O)c2ccc(C(=O)N[C@H]3C[C@@H](c4nc(-c5ccc(-c6ccccc6)cc5)cs4)N(C(=O)[C@@H](CC(=O)[C@H](C)NC)C(C)(C)C)C3)cc2)C[C@H]1c1nc(-c2ccc(-c3ccccc3)cc2)cs1)C(C)(C)C. The van der Waals surface area contributed by atoms with Crippen LogP contribution in [0, 0.1) is 22.7 Å². The van der Waals surface area contributed by atoms with Crippen LogP contribution >= 0.6 is 22.7 Å². The number of benzene rings is 5. The molecule has 2 aromatic heterocycles. The number of thiazole rings is 2. The van der Waals surface area contributed by atoms with E-state index in [1.165, 1.54) is 22.7 Å². The molecule has 0 bridgehead atoms. The maximum atomic E-state index is 14.9. The van der Waals surface area contributed by atoms with Gasteiger partial charge in [0.1, 0.15) is 21.8 Å². The second-order valence-electron chi connectivity index (χ2n) is 24.6. The molecule has 16 heteroatoms. The summed E-state index contributed by atoms with van der Waals surface area (Å²) < 4.78 is 0. The van der Waals surface area contributed by atoms with Crippen LogP contribution in [0.3, 0.4) is 0 Å². The minimum absolute atomic E-state index is 0.0524. The fourth-order valence-corrected chi connectivity index (χ4v) is 12.9. The summed E-state index contributed by atoms with van der Waals surface area (Å²) in [4.78, 5) is 98.8. The fraction of sp³-hybridized carbons (Fsp3) is 0.382. The van der Waals surface area contributed by atoms with E-state index in [1.807, 2.05) is 115 Å². The molecule has 4 N–H and O–H groups in total. The monoisotopic (exact) mass is 1170 g/mol. The van der Waals surface area contributed by atoms with E-state index in [1.54, 1.807) is 48.0 Å². The molecular formula is C68H78N8O6S2. The Hall–Kier alpha value is -7.66. The first-order valence-corrected chi connectivity index (χ1v) is 30.9. The Bertz CT molecular complexity index is 3220. The van der Waals surface area contributed by atoms with E-state index in [2.05, 4.69) is 81.9 Å². The predicted octanol–water partition coefficient (Wildman–Crippen LogP) is 12.2. The van der Waals surface area contributed by atoms with Gasteiger partial charge in [0.05, 0.1) is 29.5 Å². The number of carbonyl (C=O) groups is 6. The quantitative estimate of drug-likeness (QED) is 0.0612. The molecule has 0 unspecified atom stereocenters. The molecule has 2 aliphatic rings. The van der Waals surface area contributed by atoms with Crippen molar-refractivity contribution >= 4 is 58.0 Å². The van der Waals surface area contributed by atoms with Crippen LogP contribution < -0.4 is 21.3 Å². The maximum absolute atomic E-state index is 14.9. The molecule has 84 heavy (non-hydrogen) atoms. The highest BCUT2D eigenvalue weighted by atomic mass is 32.1. The fourth-order valence-electron chi connectivity index (χ4n) is 11.0. The molecule has 8 atom stereocenters. The van der Waals surface area contributed by atoms with Gasteiger partial charge in [0.15, 0.2) is 0 Å². The smallest absolute Gasteiger partial charge is 0.251 e. The van der Waals surface area contributed by atoms with Crippen molar-refractivity contribution in [2.75, 3.05) is 20.1 Å². The van der Waals surface area contributed by atoms with Gasteiger partial charge in [-0.05, 0) is 90.6 Å². The zero-order valence-electron chi connectivity index (χ0n) is 49.8. The molecule has 438 valence electrons. The number of rotatable bonds is 19. The molecule has 0 spiro atoms. The molecule has 0 saturated carbocycles. The van der Waals surface area contributed by atoms with Gasteiger partial charge < -0.3 is 31.1 Å². The highest BCUT2D eigenvalue weighted by molar-refractivity contribution is 7.10. The number of hydrogen-bond acceptors (Lipinski definition) is 11. The summed E-state index contributed by atoms with van der Waals surface area (Å²) >= 11 is 2.94. The van der Waals surface area contributed by atoms with Gasteiger partial charge in [0, 0.05) is 76.4 Å². The largest absolute Gasteiger partial charge is 0.347 e. The van der Waals surface area contributed by atoms with E-state index in [0.717, 1.165) is 54.8 Å². The van der Waals surface area contributed by atoms with Gasteiger partial charge in [-0.1, -0.05) is 165 Å². The molecule has 5 amide bonds. The molecule has 9 rings (SSSR count). The second kappa shape index (κ2) is 26.1. The van der Waals surface area contributed by atoms with Crippen LogP contribution in [0.25, 0.3) is 44.8 Å². The van der Waals surface area contributed by atoms with E-state index >= 15 is 0 Å². The zero-order valence-corrected chi connectivity index (χ0v) is 51.4. The van der Waals surface area contributed by atoms with Crippen LogP contribution in [0.15, 0.2) is 144 Å². The minimum atomic E-state index is -0.837. The molecule has 5 aromatic carbocycles. The molecule has 2 aliphatic heterocycles. The molecule has 0 aliphatic carbocycles. The second-order valence-corrected chi connectivity index (χ2v) is 26.4. The average molecular weight is 1170 g/mol. The topological polar surface area (TPSA) is 183 Å². The van der Waals surface area contributed by atoms with Crippen LogP contribution in [0.5, 0.6) is 0 Å². The number of hydrogen-bond donors (Lipinski definition) is 4. The van der Waals surface area contributed by atoms with E-state index in [-0.39, 0.29) is 60.7 Å². The number of likely N-dealkylation sites (N-methyl/N-ethyl adjacent to an activating group) is 1. The Morgan fingerprint density at radius 1 is 0.560 bits per heavy atom. The van der Waals surface area contributed by atoms with Crippen molar-refractivity contribution < 1.29 is 28.8 Å². The summed E-state index contributed by atoms with van der Waals surface area (Å²) in [7, 11) is 1.73. The number of amides is 5. The molecule has 7 aromatic rings. The standard InChI is InChI=1S/C68H78N8O6S2/c1-11-41(2)60(78)74-59(68(7,8)9)66(82)76-38-52(35-57(76)64-73-55(40-84-64)48-28-24-46(25-29-48)44-20-16-13-17-21-44)71-62(80)50-32-30-49(31-33-50)61(79)70-51-34-56(75(37-51)65(81)53(67(4,5)6)36-58(77)42(3)69-10)63-72-54(39-83-63)47-26-22-45(23-27-47)43-18-14-12-15-19-43/h12-33,39-42,51-53,56-57,59,69H,11,34-38H2,1-10H3,(H,70,79)(H,71,80)(H,74,78)/t41-,42+,51+,52+,53-,56+,57+,59-/m1/s1. The first kappa shape index (κ1) is 60.9. The van der Waals surface area contributed by atoms with E-state index < -0.39 is 53.0 Å². The van der Waals surface area contributed by atoms with Crippen molar-refractivity contribution in [3.8, 4) is 44.8 Å². The maximum Gasteiger partial charge on any atom is 0.251 e. The molecule has 2 fully saturated rings.